The molecular formula is C17H16ClFN2. The monoisotopic (exact) mass is 302 g/mol. The van der Waals surface area contributed by atoms with Gasteiger partial charge in [-0.2, -0.15) is 0 Å². The summed E-state index contributed by atoms with van der Waals surface area (Å²) in [6, 6.07) is 11.2. The highest BCUT2D eigenvalue weighted by atomic mass is 35.5. The molecule has 0 spiro atoms. The minimum absolute atomic E-state index is 0.209. The van der Waals surface area contributed by atoms with Crippen molar-refractivity contribution in [2.75, 3.05) is 0 Å². The second kappa shape index (κ2) is 5.15. The molecule has 4 heteroatoms. The van der Waals surface area contributed by atoms with Crippen molar-refractivity contribution in [3.63, 3.8) is 0 Å². The molecule has 0 aliphatic rings. The third kappa shape index (κ3) is 2.42. The SMILES string of the molecule is Cc1ccc2c(c1)nc(C(C)Cl)n2-c1ccc(F)c(C)c1. The van der Waals surface area contributed by atoms with Crippen LogP contribution in [0.15, 0.2) is 36.4 Å². The summed E-state index contributed by atoms with van der Waals surface area (Å²) in [5.41, 5.74) is 4.52. The quantitative estimate of drug-likeness (QED) is 0.604. The molecule has 21 heavy (non-hydrogen) atoms. The summed E-state index contributed by atoms with van der Waals surface area (Å²) in [5, 5.41) is -0.233. The lowest BCUT2D eigenvalue weighted by Crippen LogP contribution is -2.02. The number of aryl methyl sites for hydroxylation is 2. The number of benzene rings is 2. The van der Waals surface area contributed by atoms with Crippen molar-refractivity contribution in [2.45, 2.75) is 26.1 Å². The molecule has 0 fully saturated rings. The molecule has 3 rings (SSSR count). The zero-order valence-corrected chi connectivity index (χ0v) is 12.9. The van der Waals surface area contributed by atoms with Gasteiger partial charge in [-0.3, -0.25) is 4.57 Å². The molecule has 0 aliphatic heterocycles. The fourth-order valence-corrected chi connectivity index (χ4v) is 2.66. The van der Waals surface area contributed by atoms with Gasteiger partial charge in [0.2, 0.25) is 0 Å². The van der Waals surface area contributed by atoms with Crippen LogP contribution in [0, 0.1) is 19.7 Å². The molecule has 3 aromatic rings. The second-order valence-corrected chi connectivity index (χ2v) is 6.00. The molecule has 1 heterocycles. The van der Waals surface area contributed by atoms with Gasteiger partial charge in [0.15, 0.2) is 0 Å². The number of fused-ring (bicyclic) bond motifs is 1. The maximum Gasteiger partial charge on any atom is 0.132 e. The summed E-state index contributed by atoms with van der Waals surface area (Å²) in [5.74, 6) is 0.558. The van der Waals surface area contributed by atoms with Crippen molar-refractivity contribution in [1.29, 1.82) is 0 Å². The van der Waals surface area contributed by atoms with Crippen LogP contribution in [0.5, 0.6) is 0 Å². The van der Waals surface area contributed by atoms with E-state index in [1.807, 2.05) is 42.7 Å². The molecule has 0 N–H and O–H groups in total. The minimum atomic E-state index is -0.233. The highest BCUT2D eigenvalue weighted by Gasteiger charge is 2.16. The van der Waals surface area contributed by atoms with Gasteiger partial charge in [-0.15, -0.1) is 11.6 Å². The summed E-state index contributed by atoms with van der Waals surface area (Å²) in [6.45, 7) is 5.68. The summed E-state index contributed by atoms with van der Waals surface area (Å²) in [6.07, 6.45) is 0. The number of hydrogen-bond acceptors (Lipinski definition) is 1. The molecule has 0 amide bonds. The van der Waals surface area contributed by atoms with Gasteiger partial charge in [-0.05, 0) is 62.2 Å². The Balaban J connectivity index is 2.33. The summed E-state index contributed by atoms with van der Waals surface area (Å²) >= 11 is 6.28. The molecule has 0 bridgehead atoms. The molecule has 1 atom stereocenters. The molecule has 2 nitrogen and oxygen atoms in total. The van der Waals surface area contributed by atoms with Crippen LogP contribution in [-0.2, 0) is 0 Å². The average Bonchev–Trinajstić information content (AvgIpc) is 2.80. The van der Waals surface area contributed by atoms with Crippen LogP contribution in [0.2, 0.25) is 0 Å². The number of aromatic nitrogens is 2. The lowest BCUT2D eigenvalue weighted by atomic mass is 10.2. The van der Waals surface area contributed by atoms with E-state index in [1.165, 1.54) is 6.07 Å². The van der Waals surface area contributed by atoms with E-state index in [1.54, 1.807) is 13.0 Å². The van der Waals surface area contributed by atoms with Crippen molar-refractivity contribution >= 4 is 22.6 Å². The van der Waals surface area contributed by atoms with Crippen LogP contribution in [0.1, 0.15) is 29.3 Å². The predicted molar refractivity (Wildman–Crippen MR) is 84.8 cm³/mol. The Labute approximate surface area is 128 Å². The van der Waals surface area contributed by atoms with Crippen LogP contribution in [0.25, 0.3) is 16.7 Å². The van der Waals surface area contributed by atoms with Gasteiger partial charge in [-0.25, -0.2) is 9.37 Å². The first-order valence-electron chi connectivity index (χ1n) is 6.87. The Morgan fingerprint density at radius 3 is 2.57 bits per heavy atom. The van der Waals surface area contributed by atoms with Crippen LogP contribution < -0.4 is 0 Å². The highest BCUT2D eigenvalue weighted by Crippen LogP contribution is 2.29. The molecule has 0 saturated heterocycles. The van der Waals surface area contributed by atoms with Gasteiger partial charge in [0.05, 0.1) is 16.4 Å². The van der Waals surface area contributed by atoms with E-state index in [2.05, 4.69) is 4.98 Å². The number of hydrogen-bond donors (Lipinski definition) is 0. The van der Waals surface area contributed by atoms with Crippen LogP contribution in [0.3, 0.4) is 0 Å². The van der Waals surface area contributed by atoms with Crippen molar-refractivity contribution in [3.8, 4) is 5.69 Å². The highest BCUT2D eigenvalue weighted by molar-refractivity contribution is 6.20. The number of alkyl halides is 1. The number of imidazole rings is 1. The first-order chi connectivity index (χ1) is 9.97. The van der Waals surface area contributed by atoms with Crippen LogP contribution in [-0.4, -0.2) is 9.55 Å². The number of halogens is 2. The Morgan fingerprint density at radius 2 is 1.90 bits per heavy atom. The van der Waals surface area contributed by atoms with Gasteiger partial charge in [0, 0.05) is 5.69 Å². The summed E-state index contributed by atoms with van der Waals surface area (Å²) in [4.78, 5) is 4.64. The molecule has 2 aromatic carbocycles. The third-order valence-electron chi connectivity index (χ3n) is 3.59. The van der Waals surface area contributed by atoms with Crippen LogP contribution >= 0.6 is 11.6 Å². The molecule has 108 valence electrons. The van der Waals surface area contributed by atoms with Crippen molar-refractivity contribution in [3.05, 3.63) is 59.2 Å². The average molecular weight is 303 g/mol. The van der Waals surface area contributed by atoms with Gasteiger partial charge in [0.1, 0.15) is 11.6 Å². The van der Waals surface area contributed by atoms with E-state index < -0.39 is 0 Å². The smallest absolute Gasteiger partial charge is 0.132 e. The van der Waals surface area contributed by atoms with E-state index in [4.69, 9.17) is 11.6 Å². The zero-order valence-electron chi connectivity index (χ0n) is 12.2. The predicted octanol–water partition coefficient (Wildman–Crippen LogP) is 5.08. The topological polar surface area (TPSA) is 17.8 Å². The molecule has 0 saturated carbocycles. The van der Waals surface area contributed by atoms with Crippen molar-refractivity contribution in [1.82, 2.24) is 9.55 Å². The van der Waals surface area contributed by atoms with E-state index >= 15 is 0 Å². The summed E-state index contributed by atoms with van der Waals surface area (Å²) in [7, 11) is 0. The largest absolute Gasteiger partial charge is 0.295 e. The van der Waals surface area contributed by atoms with Crippen LogP contribution in [0.4, 0.5) is 4.39 Å². The van der Waals surface area contributed by atoms with E-state index in [0.717, 1.165) is 28.1 Å². The molecule has 1 unspecified atom stereocenters. The van der Waals surface area contributed by atoms with E-state index in [9.17, 15) is 4.39 Å². The lowest BCUT2D eigenvalue weighted by Gasteiger charge is -2.11. The fraction of sp³-hybridized carbons (Fsp3) is 0.235. The first-order valence-corrected chi connectivity index (χ1v) is 7.30. The molecule has 0 aliphatic carbocycles. The summed E-state index contributed by atoms with van der Waals surface area (Å²) < 4.78 is 15.5. The van der Waals surface area contributed by atoms with Gasteiger partial charge in [0.25, 0.3) is 0 Å². The normalized spacial score (nSPS) is 12.8. The maximum absolute atomic E-state index is 13.5. The molecular weight excluding hydrogens is 287 g/mol. The first kappa shape index (κ1) is 14.1. The maximum atomic E-state index is 13.5. The van der Waals surface area contributed by atoms with E-state index in [-0.39, 0.29) is 11.2 Å². The van der Waals surface area contributed by atoms with Gasteiger partial charge < -0.3 is 0 Å². The Kier molecular flexibility index (Phi) is 3.46. The molecule has 1 aromatic heterocycles. The second-order valence-electron chi connectivity index (χ2n) is 5.35. The fourth-order valence-electron chi connectivity index (χ4n) is 2.52. The van der Waals surface area contributed by atoms with E-state index in [0.29, 0.717) is 5.56 Å². The molecule has 0 radical (unpaired) electrons. The third-order valence-corrected chi connectivity index (χ3v) is 3.79. The standard InChI is InChI=1S/C17H16ClFN2/c1-10-4-7-16-15(8-10)20-17(12(3)18)21(16)13-5-6-14(19)11(2)9-13/h4-9,12H,1-3H3. The number of nitrogens with zero attached hydrogens (tertiary/aromatic N) is 2. The lowest BCUT2D eigenvalue weighted by molar-refractivity contribution is 0.618. The van der Waals surface area contributed by atoms with Gasteiger partial charge >= 0.3 is 0 Å². The Morgan fingerprint density at radius 1 is 1.14 bits per heavy atom. The van der Waals surface area contributed by atoms with Gasteiger partial charge in [-0.1, -0.05) is 6.07 Å². The minimum Gasteiger partial charge on any atom is -0.295 e. The van der Waals surface area contributed by atoms with Crippen molar-refractivity contribution < 1.29 is 4.39 Å². The number of rotatable bonds is 2. The Bertz CT molecular complexity index is 821. The zero-order chi connectivity index (χ0) is 15.1. The van der Waals surface area contributed by atoms with Crippen molar-refractivity contribution in [2.24, 2.45) is 0 Å². The Hall–Kier alpha value is -1.87.